The van der Waals surface area contributed by atoms with Gasteiger partial charge in [0.05, 0.1) is 11.3 Å². The molecule has 0 spiro atoms. The number of aromatic carboxylic acids is 1. The maximum absolute atomic E-state index is 11.2. The van der Waals surface area contributed by atoms with Gasteiger partial charge in [-0.15, -0.1) is 0 Å². The molecule has 0 amide bonds. The molecule has 1 aliphatic rings. The number of pyridine rings is 1. The molecular weight excluding hydrogens is 350 g/mol. The third kappa shape index (κ3) is 3.63. The van der Waals surface area contributed by atoms with Crippen molar-refractivity contribution in [2.24, 2.45) is 0 Å². The summed E-state index contributed by atoms with van der Waals surface area (Å²) in [6.45, 7) is 0.446. The van der Waals surface area contributed by atoms with Gasteiger partial charge in [0.15, 0.2) is 0 Å². The van der Waals surface area contributed by atoms with E-state index in [0.29, 0.717) is 12.2 Å². The Labute approximate surface area is 164 Å². The van der Waals surface area contributed by atoms with E-state index < -0.39 is 5.97 Å². The third-order valence-corrected chi connectivity index (χ3v) is 5.66. The van der Waals surface area contributed by atoms with Gasteiger partial charge in [-0.3, -0.25) is 4.98 Å². The predicted octanol–water partition coefficient (Wildman–Crippen LogP) is 5.22. The van der Waals surface area contributed by atoms with Crippen molar-refractivity contribution < 1.29 is 14.6 Å². The lowest BCUT2D eigenvalue weighted by atomic mass is 9.73. The number of aromatic nitrogens is 1. The number of carbonyl (C=O) groups is 1. The minimum absolute atomic E-state index is 0.0451. The first kappa shape index (κ1) is 18.2. The van der Waals surface area contributed by atoms with E-state index in [1.165, 1.54) is 24.0 Å². The number of carboxylic acids is 1. The quantitative estimate of drug-likeness (QED) is 0.644. The van der Waals surface area contributed by atoms with Gasteiger partial charge in [-0.25, -0.2) is 4.79 Å². The molecular formula is C24H23NO3. The largest absolute Gasteiger partial charge is 0.487 e. The monoisotopic (exact) mass is 373 g/mol. The highest BCUT2D eigenvalue weighted by Gasteiger charge is 2.37. The molecule has 1 N–H and O–H groups in total. The lowest BCUT2D eigenvalue weighted by Gasteiger charge is -2.31. The molecule has 3 aromatic rings. The fourth-order valence-electron chi connectivity index (χ4n) is 4.17. The van der Waals surface area contributed by atoms with Gasteiger partial charge >= 0.3 is 5.97 Å². The minimum atomic E-state index is -0.888. The maximum Gasteiger partial charge on any atom is 0.335 e. The molecule has 2 aromatic carbocycles. The van der Waals surface area contributed by atoms with Gasteiger partial charge in [0.1, 0.15) is 12.4 Å². The van der Waals surface area contributed by atoms with Crippen molar-refractivity contribution in [3.8, 4) is 5.75 Å². The first-order chi connectivity index (χ1) is 13.7. The second kappa shape index (κ2) is 7.85. The molecule has 1 fully saturated rings. The molecule has 0 atom stereocenters. The molecule has 0 aliphatic heterocycles. The number of hydrogen-bond acceptors (Lipinski definition) is 3. The lowest BCUT2D eigenvalue weighted by Crippen LogP contribution is -2.23. The molecule has 0 radical (unpaired) electrons. The first-order valence-corrected chi connectivity index (χ1v) is 9.64. The van der Waals surface area contributed by atoms with Crippen LogP contribution in [-0.2, 0) is 12.0 Å². The van der Waals surface area contributed by atoms with E-state index >= 15 is 0 Å². The van der Waals surface area contributed by atoms with E-state index in [9.17, 15) is 4.79 Å². The van der Waals surface area contributed by atoms with Crippen LogP contribution in [-0.4, -0.2) is 16.1 Å². The summed E-state index contributed by atoms with van der Waals surface area (Å²) >= 11 is 0. The molecule has 0 unspecified atom stereocenters. The molecule has 1 aliphatic carbocycles. The van der Waals surface area contributed by atoms with Crippen LogP contribution in [0.2, 0.25) is 0 Å². The summed E-state index contributed by atoms with van der Waals surface area (Å²) in [5, 5.41) is 9.17. The fourth-order valence-corrected chi connectivity index (χ4v) is 4.17. The molecule has 4 rings (SSSR count). The topological polar surface area (TPSA) is 59.4 Å². The zero-order valence-corrected chi connectivity index (χ0v) is 15.7. The van der Waals surface area contributed by atoms with Crippen molar-refractivity contribution >= 4 is 5.97 Å². The van der Waals surface area contributed by atoms with Crippen LogP contribution in [0.5, 0.6) is 5.75 Å². The molecule has 4 heteroatoms. The van der Waals surface area contributed by atoms with Gasteiger partial charge < -0.3 is 9.84 Å². The van der Waals surface area contributed by atoms with Crippen LogP contribution in [0.25, 0.3) is 0 Å². The van der Waals surface area contributed by atoms with Crippen molar-refractivity contribution in [2.45, 2.75) is 37.7 Å². The number of rotatable bonds is 6. The van der Waals surface area contributed by atoms with Crippen molar-refractivity contribution in [1.29, 1.82) is 0 Å². The molecule has 1 aromatic heterocycles. The summed E-state index contributed by atoms with van der Waals surface area (Å²) in [5.74, 6) is -0.0646. The minimum Gasteiger partial charge on any atom is -0.487 e. The Morgan fingerprint density at radius 3 is 2.14 bits per heavy atom. The van der Waals surface area contributed by atoms with Gasteiger partial charge in [-0.05, 0) is 60.4 Å². The van der Waals surface area contributed by atoms with Gasteiger partial charge in [0.2, 0.25) is 0 Å². The van der Waals surface area contributed by atoms with Crippen LogP contribution in [0.1, 0.15) is 52.9 Å². The molecule has 4 nitrogen and oxygen atoms in total. The Kier molecular flexibility index (Phi) is 5.11. The highest BCUT2D eigenvalue weighted by Crippen LogP contribution is 2.46. The SMILES string of the molecule is O=C(O)c1ccc(C2(c3ccc(OCc4ccccn4)cc3)CCCC2)cc1. The molecule has 0 saturated heterocycles. The van der Waals surface area contributed by atoms with E-state index in [1.54, 1.807) is 18.3 Å². The number of nitrogens with zero attached hydrogens (tertiary/aromatic N) is 1. The Hall–Kier alpha value is -3.14. The average molecular weight is 373 g/mol. The summed E-state index contributed by atoms with van der Waals surface area (Å²) in [4.78, 5) is 15.4. The van der Waals surface area contributed by atoms with E-state index in [-0.39, 0.29) is 5.41 Å². The lowest BCUT2D eigenvalue weighted by molar-refractivity contribution is 0.0697. The van der Waals surface area contributed by atoms with E-state index in [4.69, 9.17) is 9.84 Å². The molecule has 0 bridgehead atoms. The van der Waals surface area contributed by atoms with Crippen LogP contribution < -0.4 is 4.74 Å². The Bertz CT molecular complexity index is 928. The molecule has 1 heterocycles. The van der Waals surface area contributed by atoms with E-state index in [1.807, 2.05) is 42.5 Å². The third-order valence-electron chi connectivity index (χ3n) is 5.66. The Balaban J connectivity index is 1.55. The second-order valence-corrected chi connectivity index (χ2v) is 7.31. The van der Waals surface area contributed by atoms with E-state index in [2.05, 4.69) is 17.1 Å². The van der Waals surface area contributed by atoms with Gasteiger partial charge in [0, 0.05) is 11.6 Å². The van der Waals surface area contributed by atoms with Crippen LogP contribution >= 0.6 is 0 Å². The summed E-state index contributed by atoms with van der Waals surface area (Å²) in [6, 6.07) is 21.5. The smallest absolute Gasteiger partial charge is 0.335 e. The zero-order valence-electron chi connectivity index (χ0n) is 15.7. The van der Waals surface area contributed by atoms with Crippen molar-refractivity contribution in [1.82, 2.24) is 4.98 Å². The van der Waals surface area contributed by atoms with E-state index in [0.717, 1.165) is 24.3 Å². The average Bonchev–Trinajstić information content (AvgIpc) is 3.25. The maximum atomic E-state index is 11.2. The normalized spacial score (nSPS) is 15.3. The van der Waals surface area contributed by atoms with Crippen molar-refractivity contribution in [3.63, 3.8) is 0 Å². The van der Waals surface area contributed by atoms with Crippen molar-refractivity contribution in [3.05, 3.63) is 95.3 Å². The number of carboxylic acid groups (broad SMARTS) is 1. The number of hydrogen-bond donors (Lipinski definition) is 1. The summed E-state index contributed by atoms with van der Waals surface area (Å²) in [6.07, 6.45) is 6.28. The number of benzene rings is 2. The summed E-state index contributed by atoms with van der Waals surface area (Å²) in [7, 11) is 0. The van der Waals surface area contributed by atoms with Crippen molar-refractivity contribution in [2.75, 3.05) is 0 Å². The standard InChI is InChI=1S/C24H23NO3/c26-23(27)18-6-8-19(9-7-18)24(14-2-3-15-24)20-10-12-22(13-11-20)28-17-21-5-1-4-16-25-21/h1,4-13,16H,2-3,14-15,17H2,(H,26,27). The molecule has 142 valence electrons. The van der Waals surface area contributed by atoms with Crippen LogP contribution in [0.4, 0.5) is 0 Å². The Morgan fingerprint density at radius 2 is 1.57 bits per heavy atom. The number of ether oxygens (including phenoxy) is 1. The van der Waals surface area contributed by atoms with Gasteiger partial charge in [-0.2, -0.15) is 0 Å². The molecule has 1 saturated carbocycles. The highest BCUT2D eigenvalue weighted by molar-refractivity contribution is 5.87. The fraction of sp³-hybridized carbons (Fsp3) is 0.250. The first-order valence-electron chi connectivity index (χ1n) is 9.64. The molecule has 28 heavy (non-hydrogen) atoms. The zero-order chi connectivity index (χ0) is 19.4. The predicted molar refractivity (Wildman–Crippen MR) is 108 cm³/mol. The van der Waals surface area contributed by atoms with Crippen LogP contribution in [0.3, 0.4) is 0 Å². The summed E-state index contributed by atoms with van der Waals surface area (Å²) in [5.41, 5.74) is 3.64. The van der Waals surface area contributed by atoms with Gasteiger partial charge in [-0.1, -0.05) is 43.2 Å². The van der Waals surface area contributed by atoms with Crippen LogP contribution in [0, 0.1) is 0 Å². The Morgan fingerprint density at radius 1 is 0.929 bits per heavy atom. The van der Waals surface area contributed by atoms with Crippen LogP contribution in [0.15, 0.2) is 72.9 Å². The highest BCUT2D eigenvalue weighted by atomic mass is 16.5. The summed E-state index contributed by atoms with van der Waals surface area (Å²) < 4.78 is 5.86. The van der Waals surface area contributed by atoms with Gasteiger partial charge in [0.25, 0.3) is 0 Å². The second-order valence-electron chi connectivity index (χ2n) is 7.31.